The fourth-order valence-electron chi connectivity index (χ4n) is 4.15. The number of anilines is 1. The topological polar surface area (TPSA) is 81.5 Å². The molecule has 0 heterocycles. The van der Waals surface area contributed by atoms with Crippen molar-refractivity contribution >= 4 is 36.0 Å². The second-order valence-electron chi connectivity index (χ2n) is 9.08. The van der Waals surface area contributed by atoms with Crippen LogP contribution in [0.3, 0.4) is 0 Å². The lowest BCUT2D eigenvalue weighted by Gasteiger charge is -2.43. The third-order valence-electron chi connectivity index (χ3n) is 5.72. The number of hydrogen-bond donors (Lipinski definition) is 1. The van der Waals surface area contributed by atoms with E-state index < -0.39 is 25.0 Å². The van der Waals surface area contributed by atoms with E-state index >= 15 is 0 Å². The normalized spacial score (nSPS) is 11.8. The highest BCUT2D eigenvalue weighted by Crippen LogP contribution is 2.36. The van der Waals surface area contributed by atoms with Gasteiger partial charge >= 0.3 is 0 Å². The third-order valence-corrected chi connectivity index (χ3v) is 10.8. The van der Waals surface area contributed by atoms with Gasteiger partial charge in [-0.25, -0.2) is 4.39 Å². The predicted molar refractivity (Wildman–Crippen MR) is 134 cm³/mol. The van der Waals surface area contributed by atoms with Crippen LogP contribution >= 0.6 is 0 Å². The first-order chi connectivity index (χ1) is 16.1. The van der Waals surface area contributed by atoms with Crippen LogP contribution in [-0.2, 0) is 9.22 Å². The Bertz CT molecular complexity index is 1100. The number of carbonyl (C=O) groups is 1. The van der Waals surface area contributed by atoms with Gasteiger partial charge in [-0.1, -0.05) is 81.4 Å². The first-order valence-electron chi connectivity index (χ1n) is 11.1. The van der Waals surface area contributed by atoms with Crippen LogP contribution in [0.5, 0.6) is 0 Å². The van der Waals surface area contributed by atoms with Crippen molar-refractivity contribution in [2.24, 2.45) is 0 Å². The van der Waals surface area contributed by atoms with Crippen LogP contribution < -0.4 is 15.7 Å². The summed E-state index contributed by atoms with van der Waals surface area (Å²) >= 11 is 0. The second kappa shape index (κ2) is 10.7. The summed E-state index contributed by atoms with van der Waals surface area (Å²) in [7, 11) is -2.69. The van der Waals surface area contributed by atoms with Crippen LogP contribution in [0.2, 0.25) is 5.04 Å². The number of amides is 1. The lowest BCUT2D eigenvalue weighted by atomic mass is 10.2. The first-order valence-corrected chi connectivity index (χ1v) is 13.0. The number of benzene rings is 3. The highest BCUT2D eigenvalue weighted by molar-refractivity contribution is 6.99. The van der Waals surface area contributed by atoms with E-state index in [1.54, 1.807) is 0 Å². The maximum atomic E-state index is 14.0. The number of nitrogens with one attached hydrogen (secondary N) is 1. The third kappa shape index (κ3) is 5.57. The van der Waals surface area contributed by atoms with Gasteiger partial charge in [-0.15, -0.1) is 0 Å². The minimum absolute atomic E-state index is 0.0976. The summed E-state index contributed by atoms with van der Waals surface area (Å²) in [5.74, 6) is -1.15. The van der Waals surface area contributed by atoms with Crippen LogP contribution in [0, 0.1) is 15.9 Å². The minimum Gasteiger partial charge on any atom is -0.407 e. The van der Waals surface area contributed by atoms with Crippen molar-refractivity contribution in [2.45, 2.75) is 38.7 Å². The van der Waals surface area contributed by atoms with Crippen molar-refractivity contribution in [3.05, 3.63) is 94.8 Å². The van der Waals surface area contributed by atoms with E-state index in [9.17, 15) is 19.3 Å². The molecule has 178 valence electrons. The Labute approximate surface area is 200 Å². The van der Waals surface area contributed by atoms with Gasteiger partial charge in [0.05, 0.1) is 10.6 Å². The van der Waals surface area contributed by atoms with E-state index in [-0.39, 0.29) is 22.8 Å². The Hall–Kier alpha value is -3.36. The van der Waals surface area contributed by atoms with Crippen molar-refractivity contribution < 1.29 is 18.5 Å². The maximum Gasteiger partial charge on any atom is 0.271 e. The molecule has 0 saturated carbocycles. The number of carbonyl (C=O) groups excluding carboxylic acids is 1. The van der Waals surface area contributed by atoms with Crippen molar-refractivity contribution in [1.29, 1.82) is 0 Å². The Kier molecular flexibility index (Phi) is 7.96. The van der Waals surface area contributed by atoms with Gasteiger partial charge in [0.1, 0.15) is 5.82 Å². The van der Waals surface area contributed by atoms with Gasteiger partial charge < -0.3 is 9.74 Å². The van der Waals surface area contributed by atoms with E-state index in [0.29, 0.717) is 13.0 Å². The molecule has 0 spiro atoms. The molecule has 34 heavy (non-hydrogen) atoms. The smallest absolute Gasteiger partial charge is 0.271 e. The van der Waals surface area contributed by atoms with E-state index in [0.717, 1.165) is 28.6 Å². The van der Waals surface area contributed by atoms with Crippen LogP contribution in [-0.4, -0.2) is 25.8 Å². The molecule has 0 saturated heterocycles. The monoisotopic (exact) mass is 480 g/mol. The zero-order valence-electron chi connectivity index (χ0n) is 19.6. The Morgan fingerprint density at radius 1 is 1.00 bits per heavy atom. The molecule has 0 fully saturated rings. The van der Waals surface area contributed by atoms with Gasteiger partial charge in [0.2, 0.25) is 5.91 Å². The molecule has 0 atom stereocenters. The fraction of sp³-hybridized carbons (Fsp3) is 0.269. The molecule has 8 heteroatoms. The van der Waals surface area contributed by atoms with Gasteiger partial charge in [-0.2, -0.15) is 0 Å². The molecule has 3 aromatic carbocycles. The number of halogens is 1. The van der Waals surface area contributed by atoms with Gasteiger partial charge in [-0.3, -0.25) is 14.9 Å². The molecule has 0 aliphatic carbocycles. The average Bonchev–Trinajstić information content (AvgIpc) is 2.81. The zero-order valence-corrected chi connectivity index (χ0v) is 20.6. The van der Waals surface area contributed by atoms with E-state index in [4.69, 9.17) is 4.43 Å². The number of nitro benzene ring substituents is 1. The maximum absolute atomic E-state index is 14.0. The molecule has 0 unspecified atom stereocenters. The van der Waals surface area contributed by atoms with E-state index in [2.05, 4.69) is 50.4 Å². The number of hydrogen-bond acceptors (Lipinski definition) is 4. The van der Waals surface area contributed by atoms with E-state index in [1.807, 2.05) is 36.4 Å². The quantitative estimate of drug-likeness (QED) is 0.202. The Balaban J connectivity index is 1.74. The Morgan fingerprint density at radius 3 is 2.06 bits per heavy atom. The molecule has 1 N–H and O–H groups in total. The predicted octanol–water partition coefficient (Wildman–Crippen LogP) is 5.03. The summed E-state index contributed by atoms with van der Waals surface area (Å²) in [6.07, 6.45) is 0.521. The molecule has 0 bridgehead atoms. The lowest BCUT2D eigenvalue weighted by molar-refractivity contribution is -0.384. The molecule has 0 aliphatic heterocycles. The largest absolute Gasteiger partial charge is 0.407 e. The van der Waals surface area contributed by atoms with E-state index in [1.165, 1.54) is 0 Å². The van der Waals surface area contributed by atoms with Crippen LogP contribution in [0.25, 0.3) is 0 Å². The number of rotatable bonds is 9. The summed E-state index contributed by atoms with van der Waals surface area (Å²) in [5.41, 5.74) is -0.487. The molecule has 0 aromatic heterocycles. The summed E-state index contributed by atoms with van der Waals surface area (Å²) in [5, 5.41) is 15.5. The SMILES string of the molecule is CC(C)(C)[Si](OCCCC(=O)Nc1cc([N+](=O)[O-])ccc1F)(c1ccccc1)c1ccccc1. The molecule has 3 aromatic rings. The average molecular weight is 481 g/mol. The van der Waals surface area contributed by atoms with Crippen LogP contribution in [0.4, 0.5) is 15.8 Å². The molecular weight excluding hydrogens is 451 g/mol. The molecule has 3 rings (SSSR count). The van der Waals surface area contributed by atoms with Crippen LogP contribution in [0.15, 0.2) is 78.9 Å². The van der Waals surface area contributed by atoms with Gasteiger partial charge in [-0.05, 0) is 27.9 Å². The summed E-state index contributed by atoms with van der Waals surface area (Å²) in [4.78, 5) is 22.7. The zero-order chi connectivity index (χ0) is 24.8. The minimum atomic E-state index is -2.69. The standard InChI is InChI=1S/C26H29FN2O4Si/c1-26(2,3)34(21-11-6-4-7-12-21,22-13-8-5-9-14-22)33-18-10-15-25(30)28-24-19-20(29(31)32)16-17-23(24)27/h4-9,11-14,16-17,19H,10,15,18H2,1-3H3,(H,28,30). The highest BCUT2D eigenvalue weighted by atomic mass is 28.4. The number of nitro groups is 1. The van der Waals surface area contributed by atoms with Gasteiger partial charge in [0, 0.05) is 25.2 Å². The number of nitrogens with zero attached hydrogens (tertiary/aromatic N) is 1. The van der Waals surface area contributed by atoms with Crippen molar-refractivity contribution in [3.63, 3.8) is 0 Å². The first kappa shape index (κ1) is 25.3. The molecule has 0 aliphatic rings. The summed E-state index contributed by atoms with van der Waals surface area (Å²) < 4.78 is 20.7. The Morgan fingerprint density at radius 2 is 1.56 bits per heavy atom. The fourth-order valence-corrected chi connectivity index (χ4v) is 8.76. The van der Waals surface area contributed by atoms with Gasteiger partial charge in [0.25, 0.3) is 14.0 Å². The highest BCUT2D eigenvalue weighted by Gasteiger charge is 2.49. The summed E-state index contributed by atoms with van der Waals surface area (Å²) in [6, 6.07) is 23.4. The molecule has 0 radical (unpaired) electrons. The van der Waals surface area contributed by atoms with Gasteiger partial charge in [0.15, 0.2) is 0 Å². The second-order valence-corrected chi connectivity index (χ2v) is 13.4. The number of non-ortho nitro benzene ring substituents is 1. The lowest BCUT2D eigenvalue weighted by Crippen LogP contribution is -2.66. The van der Waals surface area contributed by atoms with Crippen molar-refractivity contribution in [3.8, 4) is 0 Å². The summed E-state index contributed by atoms with van der Waals surface area (Å²) in [6.45, 7) is 6.88. The van der Waals surface area contributed by atoms with Crippen LogP contribution in [0.1, 0.15) is 33.6 Å². The molecule has 6 nitrogen and oxygen atoms in total. The molecular formula is C26H29FN2O4Si. The van der Waals surface area contributed by atoms with Crippen molar-refractivity contribution in [2.75, 3.05) is 11.9 Å². The van der Waals surface area contributed by atoms with Crippen molar-refractivity contribution in [1.82, 2.24) is 0 Å². The molecule has 1 amide bonds.